The monoisotopic (exact) mass is 403 g/mol. The molecule has 0 aliphatic rings. The summed E-state index contributed by atoms with van der Waals surface area (Å²) in [5.41, 5.74) is -0.324. The Labute approximate surface area is 168 Å². The fourth-order valence-electron chi connectivity index (χ4n) is 2.65. The molecule has 9 heteroatoms. The number of esters is 2. The lowest BCUT2D eigenvalue weighted by Gasteiger charge is -2.13. The Bertz CT molecular complexity index is 951. The second-order valence-corrected chi connectivity index (χ2v) is 6.57. The van der Waals surface area contributed by atoms with Crippen molar-refractivity contribution in [2.75, 3.05) is 19.8 Å². The van der Waals surface area contributed by atoms with Gasteiger partial charge in [-0.25, -0.2) is 9.48 Å². The van der Waals surface area contributed by atoms with Crippen LogP contribution in [-0.4, -0.2) is 47.4 Å². The third-order valence-corrected chi connectivity index (χ3v) is 4.03. The maximum atomic E-state index is 12.5. The van der Waals surface area contributed by atoms with E-state index in [4.69, 9.17) is 9.47 Å². The highest BCUT2D eigenvalue weighted by Gasteiger charge is 2.19. The SMILES string of the molecule is CCOC(=O)CCCNC(=O)COC(=O)c1nn(C(C)C)c(=O)c2ccccc12. The van der Waals surface area contributed by atoms with Crippen molar-refractivity contribution in [3.05, 3.63) is 40.3 Å². The molecule has 29 heavy (non-hydrogen) atoms. The molecule has 2 rings (SSSR count). The number of carbonyl (C=O) groups excluding carboxylic acids is 3. The lowest BCUT2D eigenvalue weighted by Crippen LogP contribution is -2.31. The maximum Gasteiger partial charge on any atom is 0.359 e. The van der Waals surface area contributed by atoms with Crippen LogP contribution in [0.25, 0.3) is 10.8 Å². The molecule has 0 unspecified atom stereocenters. The molecule has 1 N–H and O–H groups in total. The van der Waals surface area contributed by atoms with Gasteiger partial charge in [-0.3, -0.25) is 14.4 Å². The summed E-state index contributed by atoms with van der Waals surface area (Å²) in [7, 11) is 0. The second kappa shape index (κ2) is 10.4. The fourth-order valence-corrected chi connectivity index (χ4v) is 2.65. The highest BCUT2D eigenvalue weighted by molar-refractivity contribution is 6.02. The van der Waals surface area contributed by atoms with Crippen molar-refractivity contribution in [3.63, 3.8) is 0 Å². The fraction of sp³-hybridized carbons (Fsp3) is 0.450. The molecule has 1 amide bonds. The molecule has 9 nitrogen and oxygen atoms in total. The zero-order valence-corrected chi connectivity index (χ0v) is 16.8. The summed E-state index contributed by atoms with van der Waals surface area (Å²) in [5.74, 6) is -1.62. The zero-order chi connectivity index (χ0) is 21.4. The molecule has 0 aliphatic heterocycles. The van der Waals surface area contributed by atoms with Gasteiger partial charge in [0.15, 0.2) is 12.3 Å². The van der Waals surface area contributed by atoms with Crippen molar-refractivity contribution in [1.29, 1.82) is 0 Å². The van der Waals surface area contributed by atoms with Crippen LogP contribution in [0.1, 0.15) is 50.1 Å². The van der Waals surface area contributed by atoms with E-state index in [1.54, 1.807) is 45.0 Å². The van der Waals surface area contributed by atoms with Crippen LogP contribution in [0.15, 0.2) is 29.1 Å². The molecular formula is C20H25N3O6. The number of benzene rings is 1. The van der Waals surface area contributed by atoms with Gasteiger partial charge in [0, 0.05) is 18.4 Å². The summed E-state index contributed by atoms with van der Waals surface area (Å²) < 4.78 is 11.1. The standard InChI is InChI=1S/C20H25N3O6/c1-4-28-17(25)10-7-11-21-16(24)12-29-20(27)18-14-8-5-6-9-15(14)19(26)23(22-18)13(2)3/h5-6,8-9,13H,4,7,10-12H2,1-3H3,(H,21,24). The molecule has 1 heterocycles. The third kappa shape index (κ3) is 5.87. The molecule has 0 aliphatic carbocycles. The first-order valence-electron chi connectivity index (χ1n) is 9.46. The van der Waals surface area contributed by atoms with E-state index in [2.05, 4.69) is 10.4 Å². The summed E-state index contributed by atoms with van der Waals surface area (Å²) in [4.78, 5) is 48.1. The summed E-state index contributed by atoms with van der Waals surface area (Å²) >= 11 is 0. The van der Waals surface area contributed by atoms with E-state index in [9.17, 15) is 19.2 Å². The van der Waals surface area contributed by atoms with Crippen molar-refractivity contribution in [3.8, 4) is 0 Å². The minimum Gasteiger partial charge on any atom is -0.466 e. The number of amides is 1. The van der Waals surface area contributed by atoms with Gasteiger partial charge in [0.05, 0.1) is 18.0 Å². The van der Waals surface area contributed by atoms with E-state index in [1.165, 1.54) is 4.68 Å². The number of fused-ring (bicyclic) bond motifs is 1. The number of carbonyl (C=O) groups is 3. The Morgan fingerprint density at radius 2 is 1.83 bits per heavy atom. The molecule has 2 aromatic rings. The van der Waals surface area contributed by atoms with Gasteiger partial charge in [0.25, 0.3) is 11.5 Å². The normalized spacial score (nSPS) is 10.8. The Morgan fingerprint density at radius 1 is 1.14 bits per heavy atom. The minimum atomic E-state index is -0.794. The van der Waals surface area contributed by atoms with Gasteiger partial charge in [-0.15, -0.1) is 0 Å². The van der Waals surface area contributed by atoms with E-state index in [0.717, 1.165) is 0 Å². The summed E-state index contributed by atoms with van der Waals surface area (Å²) in [5, 5.41) is 7.42. The Balaban J connectivity index is 2.00. The van der Waals surface area contributed by atoms with Gasteiger partial charge < -0.3 is 14.8 Å². The summed E-state index contributed by atoms with van der Waals surface area (Å²) in [6.45, 7) is 5.36. The predicted molar refractivity (Wildman–Crippen MR) is 106 cm³/mol. The molecular weight excluding hydrogens is 378 g/mol. The predicted octanol–water partition coefficient (Wildman–Crippen LogP) is 1.59. The van der Waals surface area contributed by atoms with Crippen LogP contribution in [0.2, 0.25) is 0 Å². The maximum absolute atomic E-state index is 12.5. The van der Waals surface area contributed by atoms with E-state index in [-0.39, 0.29) is 36.2 Å². The third-order valence-electron chi connectivity index (χ3n) is 4.03. The Kier molecular flexibility index (Phi) is 7.88. The van der Waals surface area contributed by atoms with Crippen LogP contribution in [0.5, 0.6) is 0 Å². The van der Waals surface area contributed by atoms with Crippen molar-refractivity contribution in [1.82, 2.24) is 15.1 Å². The van der Waals surface area contributed by atoms with Crippen LogP contribution >= 0.6 is 0 Å². The lowest BCUT2D eigenvalue weighted by molar-refractivity contribution is -0.143. The molecule has 1 aromatic carbocycles. The van der Waals surface area contributed by atoms with Crippen LogP contribution in [0.3, 0.4) is 0 Å². The molecule has 0 spiro atoms. The average molecular weight is 403 g/mol. The van der Waals surface area contributed by atoms with E-state index >= 15 is 0 Å². The molecule has 0 bridgehead atoms. The quantitative estimate of drug-likeness (QED) is 0.499. The first-order valence-corrected chi connectivity index (χ1v) is 9.46. The van der Waals surface area contributed by atoms with Gasteiger partial charge in [-0.1, -0.05) is 18.2 Å². The van der Waals surface area contributed by atoms with Crippen LogP contribution in [0.4, 0.5) is 0 Å². The van der Waals surface area contributed by atoms with E-state index in [1.807, 2.05) is 0 Å². The minimum absolute atomic E-state index is 0.0241. The van der Waals surface area contributed by atoms with E-state index < -0.39 is 18.5 Å². The number of nitrogens with one attached hydrogen (secondary N) is 1. The van der Waals surface area contributed by atoms with Crippen LogP contribution < -0.4 is 10.9 Å². The van der Waals surface area contributed by atoms with Crippen molar-refractivity contribution < 1.29 is 23.9 Å². The highest BCUT2D eigenvalue weighted by atomic mass is 16.5. The first-order chi connectivity index (χ1) is 13.8. The molecule has 1 aromatic heterocycles. The largest absolute Gasteiger partial charge is 0.466 e. The Hall–Kier alpha value is -3.23. The van der Waals surface area contributed by atoms with E-state index in [0.29, 0.717) is 23.8 Å². The number of hydrogen-bond acceptors (Lipinski definition) is 7. The molecule has 0 fully saturated rings. The van der Waals surface area contributed by atoms with Crippen molar-refractivity contribution in [2.45, 2.75) is 39.7 Å². The number of nitrogens with zero attached hydrogens (tertiary/aromatic N) is 2. The molecule has 0 saturated carbocycles. The van der Waals surface area contributed by atoms with Gasteiger partial charge in [0.2, 0.25) is 0 Å². The summed E-state index contributed by atoms with van der Waals surface area (Å²) in [6.07, 6.45) is 0.616. The van der Waals surface area contributed by atoms with Crippen LogP contribution in [0, 0.1) is 0 Å². The molecule has 0 atom stereocenters. The molecule has 156 valence electrons. The lowest BCUT2D eigenvalue weighted by atomic mass is 10.1. The van der Waals surface area contributed by atoms with Crippen molar-refractivity contribution in [2.24, 2.45) is 0 Å². The topological polar surface area (TPSA) is 117 Å². The number of hydrogen-bond donors (Lipinski definition) is 1. The number of ether oxygens (including phenoxy) is 2. The van der Waals surface area contributed by atoms with Gasteiger partial charge in [-0.05, 0) is 33.3 Å². The highest BCUT2D eigenvalue weighted by Crippen LogP contribution is 2.15. The number of aromatic nitrogens is 2. The number of rotatable bonds is 9. The van der Waals surface area contributed by atoms with Crippen LogP contribution in [-0.2, 0) is 19.1 Å². The van der Waals surface area contributed by atoms with Gasteiger partial charge in [-0.2, -0.15) is 5.10 Å². The van der Waals surface area contributed by atoms with Gasteiger partial charge in [0.1, 0.15) is 0 Å². The Morgan fingerprint density at radius 3 is 2.48 bits per heavy atom. The smallest absolute Gasteiger partial charge is 0.359 e. The first kappa shape index (κ1) is 22.1. The zero-order valence-electron chi connectivity index (χ0n) is 16.8. The van der Waals surface area contributed by atoms with Crippen molar-refractivity contribution >= 4 is 28.6 Å². The average Bonchev–Trinajstić information content (AvgIpc) is 2.70. The molecule has 0 saturated heterocycles. The molecule has 0 radical (unpaired) electrons. The second-order valence-electron chi connectivity index (χ2n) is 6.57. The van der Waals surface area contributed by atoms with Gasteiger partial charge >= 0.3 is 11.9 Å². The summed E-state index contributed by atoms with van der Waals surface area (Å²) in [6, 6.07) is 6.37.